The molecule has 2 unspecified atom stereocenters. The van der Waals surface area contributed by atoms with Crippen LogP contribution in [0, 0.1) is 17.3 Å². The van der Waals surface area contributed by atoms with Gasteiger partial charge >= 0.3 is 0 Å². The summed E-state index contributed by atoms with van der Waals surface area (Å²) in [6, 6.07) is 0.682. The molecule has 0 amide bonds. The van der Waals surface area contributed by atoms with Crippen LogP contribution in [-0.2, 0) is 0 Å². The Kier molecular flexibility index (Phi) is 3.60. The molecule has 0 radical (unpaired) electrons. The minimum absolute atomic E-state index is 0.341. The summed E-state index contributed by atoms with van der Waals surface area (Å²) in [5, 5.41) is 0. The third-order valence-corrected chi connectivity index (χ3v) is 5.06. The summed E-state index contributed by atoms with van der Waals surface area (Å²) in [7, 11) is 0. The highest BCUT2D eigenvalue weighted by Gasteiger charge is 2.41. The lowest BCUT2D eigenvalue weighted by molar-refractivity contribution is 0.0588. The molecule has 0 heterocycles. The van der Waals surface area contributed by atoms with Crippen molar-refractivity contribution in [2.24, 2.45) is 28.7 Å². The van der Waals surface area contributed by atoms with E-state index in [1.807, 2.05) is 0 Å². The smallest absolute Gasteiger partial charge is 0.00588 e. The first-order valence-electron chi connectivity index (χ1n) is 7.01. The Balaban J connectivity index is 2.00. The summed E-state index contributed by atoms with van der Waals surface area (Å²) in [5.74, 6) is 1.81. The van der Waals surface area contributed by atoms with Crippen LogP contribution in [0.4, 0.5) is 0 Å². The fourth-order valence-electron chi connectivity index (χ4n) is 4.13. The zero-order valence-electron chi connectivity index (χ0n) is 10.9. The Morgan fingerprint density at radius 1 is 0.938 bits per heavy atom. The highest BCUT2D eigenvalue weighted by molar-refractivity contribution is 4.95. The molecule has 0 aliphatic heterocycles. The quantitative estimate of drug-likeness (QED) is 0.719. The summed E-state index contributed by atoms with van der Waals surface area (Å²) in [6.07, 6.45) is 9.03. The molecule has 0 saturated heterocycles. The molecule has 0 aromatic rings. The fraction of sp³-hybridized carbons (Fsp3) is 1.00. The third kappa shape index (κ3) is 2.60. The number of hydrogen-bond donors (Lipinski definition) is 2. The van der Waals surface area contributed by atoms with Crippen LogP contribution in [-0.4, -0.2) is 12.1 Å². The minimum Gasteiger partial charge on any atom is -0.328 e. The van der Waals surface area contributed by atoms with Crippen molar-refractivity contribution in [2.75, 3.05) is 0 Å². The standard InChI is InChI=1S/C14H28N2/c1-10-3-5-11(6-4-10)14(2)8-12(15)7-13(16)9-14/h10-13H,3-9,15-16H2,1-2H3. The molecule has 0 aromatic carbocycles. The summed E-state index contributed by atoms with van der Waals surface area (Å²) in [6.45, 7) is 4.82. The maximum absolute atomic E-state index is 6.15. The number of rotatable bonds is 1. The summed E-state index contributed by atoms with van der Waals surface area (Å²) in [5.41, 5.74) is 12.7. The van der Waals surface area contributed by atoms with Crippen LogP contribution in [0.25, 0.3) is 0 Å². The molecular formula is C14H28N2. The van der Waals surface area contributed by atoms with E-state index in [0.717, 1.165) is 18.3 Å². The van der Waals surface area contributed by atoms with Crippen molar-refractivity contribution < 1.29 is 0 Å². The highest BCUT2D eigenvalue weighted by Crippen LogP contribution is 2.48. The van der Waals surface area contributed by atoms with Crippen molar-refractivity contribution in [3.8, 4) is 0 Å². The number of nitrogens with two attached hydrogens (primary N) is 2. The van der Waals surface area contributed by atoms with Gasteiger partial charge in [0.15, 0.2) is 0 Å². The van der Waals surface area contributed by atoms with Gasteiger partial charge in [0, 0.05) is 12.1 Å². The van der Waals surface area contributed by atoms with Gasteiger partial charge in [0.05, 0.1) is 0 Å². The van der Waals surface area contributed by atoms with Gasteiger partial charge in [0.2, 0.25) is 0 Å². The first-order valence-corrected chi connectivity index (χ1v) is 7.01. The van der Waals surface area contributed by atoms with Gasteiger partial charge in [-0.25, -0.2) is 0 Å². The molecule has 0 aromatic heterocycles. The maximum Gasteiger partial charge on any atom is 0.00588 e. The Labute approximate surface area is 100 Å². The van der Waals surface area contributed by atoms with Gasteiger partial charge in [-0.15, -0.1) is 0 Å². The molecule has 2 aliphatic carbocycles. The first kappa shape index (κ1) is 12.4. The van der Waals surface area contributed by atoms with Gasteiger partial charge in [-0.2, -0.15) is 0 Å². The molecule has 2 nitrogen and oxygen atoms in total. The summed E-state index contributed by atoms with van der Waals surface area (Å²) < 4.78 is 0. The Bertz CT molecular complexity index is 221. The van der Waals surface area contributed by atoms with Crippen molar-refractivity contribution in [3.05, 3.63) is 0 Å². The molecule has 2 saturated carbocycles. The third-order valence-electron chi connectivity index (χ3n) is 5.06. The van der Waals surface area contributed by atoms with E-state index < -0.39 is 0 Å². The van der Waals surface area contributed by atoms with Gasteiger partial charge < -0.3 is 11.5 Å². The second kappa shape index (κ2) is 4.66. The zero-order chi connectivity index (χ0) is 11.8. The first-order chi connectivity index (χ1) is 7.49. The van der Waals surface area contributed by atoms with Gasteiger partial charge in [0.25, 0.3) is 0 Å². The molecule has 2 rings (SSSR count). The van der Waals surface area contributed by atoms with Gasteiger partial charge in [0.1, 0.15) is 0 Å². The van der Waals surface area contributed by atoms with E-state index in [4.69, 9.17) is 11.5 Å². The average Bonchev–Trinajstić information content (AvgIpc) is 2.16. The van der Waals surface area contributed by atoms with Gasteiger partial charge in [-0.1, -0.05) is 26.7 Å². The van der Waals surface area contributed by atoms with Crippen molar-refractivity contribution in [2.45, 2.75) is 70.9 Å². The molecule has 2 aliphatic rings. The molecule has 2 fully saturated rings. The van der Waals surface area contributed by atoms with Crippen LogP contribution in [0.2, 0.25) is 0 Å². The molecule has 2 atom stereocenters. The lowest BCUT2D eigenvalue weighted by Crippen LogP contribution is -2.48. The van der Waals surface area contributed by atoms with E-state index in [1.165, 1.54) is 38.5 Å². The Morgan fingerprint density at radius 2 is 1.44 bits per heavy atom. The predicted molar refractivity (Wildman–Crippen MR) is 69.0 cm³/mol. The van der Waals surface area contributed by atoms with Gasteiger partial charge in [-0.05, 0) is 49.4 Å². The van der Waals surface area contributed by atoms with Crippen LogP contribution >= 0.6 is 0 Å². The van der Waals surface area contributed by atoms with E-state index >= 15 is 0 Å². The van der Waals surface area contributed by atoms with E-state index in [0.29, 0.717) is 17.5 Å². The topological polar surface area (TPSA) is 52.0 Å². The van der Waals surface area contributed by atoms with E-state index in [-0.39, 0.29) is 0 Å². The van der Waals surface area contributed by atoms with E-state index in [9.17, 15) is 0 Å². The van der Waals surface area contributed by atoms with Crippen molar-refractivity contribution in [1.82, 2.24) is 0 Å². The SMILES string of the molecule is CC1CCC(C2(C)CC(N)CC(N)C2)CC1. The molecule has 94 valence electrons. The van der Waals surface area contributed by atoms with Crippen molar-refractivity contribution in [3.63, 3.8) is 0 Å². The number of hydrogen-bond acceptors (Lipinski definition) is 2. The summed E-state index contributed by atoms with van der Waals surface area (Å²) in [4.78, 5) is 0. The van der Waals surface area contributed by atoms with E-state index in [2.05, 4.69) is 13.8 Å². The molecule has 0 bridgehead atoms. The predicted octanol–water partition coefficient (Wildman–Crippen LogP) is 2.66. The fourth-order valence-corrected chi connectivity index (χ4v) is 4.13. The lowest BCUT2D eigenvalue weighted by Gasteiger charge is -2.47. The van der Waals surface area contributed by atoms with E-state index in [1.54, 1.807) is 0 Å². The molecule has 2 heteroatoms. The van der Waals surface area contributed by atoms with Crippen LogP contribution < -0.4 is 11.5 Å². The Morgan fingerprint density at radius 3 is 1.94 bits per heavy atom. The second-order valence-corrected chi connectivity index (χ2v) is 6.77. The molecule has 0 spiro atoms. The van der Waals surface area contributed by atoms with Crippen molar-refractivity contribution >= 4 is 0 Å². The highest BCUT2D eigenvalue weighted by atomic mass is 14.7. The van der Waals surface area contributed by atoms with Crippen LogP contribution in [0.1, 0.15) is 58.8 Å². The summed E-state index contributed by atoms with van der Waals surface area (Å²) >= 11 is 0. The van der Waals surface area contributed by atoms with Gasteiger partial charge in [-0.3, -0.25) is 0 Å². The van der Waals surface area contributed by atoms with Crippen LogP contribution in [0.15, 0.2) is 0 Å². The normalized spacial score (nSPS) is 50.2. The largest absolute Gasteiger partial charge is 0.328 e. The minimum atomic E-state index is 0.341. The molecule has 4 N–H and O–H groups in total. The zero-order valence-corrected chi connectivity index (χ0v) is 10.9. The molecular weight excluding hydrogens is 196 g/mol. The molecule has 16 heavy (non-hydrogen) atoms. The lowest BCUT2D eigenvalue weighted by atomic mass is 9.60. The van der Waals surface area contributed by atoms with Crippen molar-refractivity contribution in [1.29, 1.82) is 0 Å². The maximum atomic E-state index is 6.15. The van der Waals surface area contributed by atoms with Crippen LogP contribution in [0.5, 0.6) is 0 Å². The average molecular weight is 224 g/mol. The monoisotopic (exact) mass is 224 g/mol. The Hall–Kier alpha value is -0.0800. The second-order valence-electron chi connectivity index (χ2n) is 6.77. The van der Waals surface area contributed by atoms with Crippen LogP contribution in [0.3, 0.4) is 0 Å².